The number of rotatable bonds is 6. The molecule has 9 heteroatoms. The second-order valence-electron chi connectivity index (χ2n) is 6.46. The number of carbonyl (C=O) groups is 2. The van der Waals surface area contributed by atoms with Crippen molar-refractivity contribution in [3.63, 3.8) is 0 Å². The number of imidazole rings is 1. The minimum Gasteiger partial charge on any atom is -0.480 e. The van der Waals surface area contributed by atoms with Crippen LogP contribution in [0.1, 0.15) is 25.1 Å². The van der Waals surface area contributed by atoms with E-state index in [9.17, 15) is 23.1 Å². The highest BCUT2D eigenvalue weighted by Gasteiger charge is 2.45. The lowest BCUT2D eigenvalue weighted by Gasteiger charge is -2.38. The second-order valence-corrected chi connectivity index (χ2v) is 8.60. The summed E-state index contributed by atoms with van der Waals surface area (Å²) in [5.74, 6) is -1.55. The number of amides is 1. The molecule has 0 spiro atoms. The molecule has 0 atom stereocenters. The van der Waals surface area contributed by atoms with Gasteiger partial charge in [0, 0.05) is 6.26 Å². The zero-order chi connectivity index (χ0) is 18.2. The molecule has 2 N–H and O–H groups in total. The van der Waals surface area contributed by atoms with E-state index in [-0.39, 0.29) is 18.1 Å². The van der Waals surface area contributed by atoms with Gasteiger partial charge in [-0.25, -0.2) is 18.2 Å². The van der Waals surface area contributed by atoms with Crippen LogP contribution >= 0.6 is 0 Å². The van der Waals surface area contributed by atoms with Crippen LogP contribution < -0.4 is 5.32 Å². The summed E-state index contributed by atoms with van der Waals surface area (Å²) in [4.78, 5) is 28.1. The van der Waals surface area contributed by atoms with Crippen LogP contribution in [0.25, 0.3) is 11.0 Å². The van der Waals surface area contributed by atoms with Crippen molar-refractivity contribution in [1.29, 1.82) is 0 Å². The highest BCUT2D eigenvalue weighted by atomic mass is 32.2. The van der Waals surface area contributed by atoms with Crippen LogP contribution in [-0.4, -0.2) is 46.7 Å². The third-order valence-corrected chi connectivity index (χ3v) is 5.20. The van der Waals surface area contributed by atoms with Gasteiger partial charge in [0.2, 0.25) is 5.91 Å². The number of fused-ring (bicyclic) bond motifs is 1. The number of nitrogens with zero attached hydrogens (tertiary/aromatic N) is 2. The molecule has 1 aromatic heterocycles. The monoisotopic (exact) mass is 365 g/mol. The molecule has 1 aromatic carbocycles. The Bertz CT molecular complexity index is 944. The van der Waals surface area contributed by atoms with Gasteiger partial charge in [-0.2, -0.15) is 0 Å². The number of hydrogen-bond donors (Lipinski definition) is 2. The lowest BCUT2D eigenvalue weighted by atomic mass is 9.77. The molecule has 0 saturated heterocycles. The Hall–Kier alpha value is -2.42. The normalized spacial score (nSPS) is 16.4. The molecule has 25 heavy (non-hydrogen) atoms. The van der Waals surface area contributed by atoms with E-state index in [4.69, 9.17) is 0 Å². The maximum absolute atomic E-state index is 12.4. The van der Waals surface area contributed by atoms with Crippen LogP contribution in [-0.2, 0) is 31.7 Å². The number of sulfone groups is 1. The predicted octanol–water partition coefficient (Wildman–Crippen LogP) is 0.704. The first-order valence-corrected chi connectivity index (χ1v) is 9.92. The van der Waals surface area contributed by atoms with Crippen molar-refractivity contribution in [3.8, 4) is 0 Å². The smallest absolute Gasteiger partial charge is 0.329 e. The molecule has 1 amide bonds. The summed E-state index contributed by atoms with van der Waals surface area (Å²) < 4.78 is 24.8. The topological polar surface area (TPSA) is 118 Å². The van der Waals surface area contributed by atoms with Crippen molar-refractivity contribution in [1.82, 2.24) is 14.9 Å². The molecule has 134 valence electrons. The molecule has 1 aliphatic rings. The molecule has 0 radical (unpaired) electrons. The maximum atomic E-state index is 12.4. The number of aromatic nitrogens is 2. The Morgan fingerprint density at radius 3 is 2.56 bits per heavy atom. The van der Waals surface area contributed by atoms with Crippen LogP contribution in [0.4, 0.5) is 0 Å². The Kier molecular flexibility index (Phi) is 4.28. The fourth-order valence-electron chi connectivity index (χ4n) is 3.02. The minimum atomic E-state index is -3.33. The fourth-order valence-corrected chi connectivity index (χ4v) is 3.71. The van der Waals surface area contributed by atoms with E-state index in [2.05, 4.69) is 10.3 Å². The predicted molar refractivity (Wildman–Crippen MR) is 90.6 cm³/mol. The molecule has 1 heterocycles. The van der Waals surface area contributed by atoms with Crippen molar-refractivity contribution in [2.75, 3.05) is 6.26 Å². The molecule has 0 aliphatic heterocycles. The number of aliphatic carboxylic acids is 1. The second kappa shape index (κ2) is 6.14. The van der Waals surface area contributed by atoms with E-state index in [1.807, 2.05) is 0 Å². The minimum absolute atomic E-state index is 0.180. The Labute approximate surface area is 144 Å². The van der Waals surface area contributed by atoms with Crippen LogP contribution in [0.2, 0.25) is 0 Å². The highest BCUT2D eigenvalue weighted by Crippen LogP contribution is 2.32. The van der Waals surface area contributed by atoms with Crippen LogP contribution in [0.5, 0.6) is 0 Å². The Morgan fingerprint density at radius 1 is 1.32 bits per heavy atom. The summed E-state index contributed by atoms with van der Waals surface area (Å²) in [6.07, 6.45) is 2.65. The summed E-state index contributed by atoms with van der Waals surface area (Å²) in [6, 6.07) is 7.03. The van der Waals surface area contributed by atoms with Gasteiger partial charge in [-0.15, -0.1) is 0 Å². The van der Waals surface area contributed by atoms with E-state index < -0.39 is 27.3 Å². The molecule has 3 rings (SSSR count). The fraction of sp³-hybridized carbons (Fsp3) is 0.438. The van der Waals surface area contributed by atoms with E-state index in [1.54, 1.807) is 24.3 Å². The van der Waals surface area contributed by atoms with Gasteiger partial charge in [-0.05, 0) is 31.4 Å². The average Bonchev–Trinajstić information content (AvgIpc) is 2.78. The third-order valence-electron chi connectivity index (χ3n) is 4.42. The van der Waals surface area contributed by atoms with Gasteiger partial charge in [-0.1, -0.05) is 12.1 Å². The van der Waals surface area contributed by atoms with Gasteiger partial charge in [0.05, 0.1) is 11.0 Å². The number of para-hydroxylation sites is 2. The zero-order valence-electron chi connectivity index (χ0n) is 13.7. The SMILES string of the molecule is CS(=O)(=O)Cc1nc2ccccc2n1CC(=O)NC1(C(=O)O)CCC1. The first-order valence-electron chi connectivity index (χ1n) is 7.86. The van der Waals surface area contributed by atoms with Crippen molar-refractivity contribution in [2.24, 2.45) is 0 Å². The third kappa shape index (κ3) is 3.51. The maximum Gasteiger partial charge on any atom is 0.329 e. The number of benzene rings is 1. The standard InChI is InChI=1S/C16H19N3O5S/c1-25(23,24)10-13-17-11-5-2-3-6-12(11)19(13)9-14(20)18-16(15(21)22)7-4-8-16/h2-3,5-6H,4,7-10H2,1H3,(H,18,20)(H,21,22). The lowest BCUT2D eigenvalue weighted by molar-refractivity contribution is -0.151. The van der Waals surface area contributed by atoms with Gasteiger partial charge in [0.15, 0.2) is 9.84 Å². The molecule has 1 saturated carbocycles. The largest absolute Gasteiger partial charge is 0.480 e. The summed E-state index contributed by atoms with van der Waals surface area (Å²) in [6.45, 7) is -0.180. The Balaban J connectivity index is 1.90. The summed E-state index contributed by atoms with van der Waals surface area (Å²) in [5.41, 5.74) is 0.0182. The van der Waals surface area contributed by atoms with Crippen molar-refractivity contribution >= 4 is 32.7 Å². The van der Waals surface area contributed by atoms with Crippen LogP contribution in [0.15, 0.2) is 24.3 Å². The van der Waals surface area contributed by atoms with E-state index in [1.165, 1.54) is 4.57 Å². The molecule has 1 fully saturated rings. The number of carboxylic acid groups (broad SMARTS) is 1. The average molecular weight is 365 g/mol. The molecule has 1 aliphatic carbocycles. The molecule has 0 bridgehead atoms. The summed E-state index contributed by atoms with van der Waals surface area (Å²) in [7, 11) is -3.33. The number of carboxylic acids is 1. The molecule has 2 aromatic rings. The molecule has 8 nitrogen and oxygen atoms in total. The van der Waals surface area contributed by atoms with E-state index >= 15 is 0 Å². The summed E-state index contributed by atoms with van der Waals surface area (Å²) in [5, 5.41) is 11.9. The van der Waals surface area contributed by atoms with Gasteiger partial charge >= 0.3 is 5.97 Å². The lowest BCUT2D eigenvalue weighted by Crippen LogP contribution is -2.59. The van der Waals surface area contributed by atoms with E-state index in [0.717, 1.165) is 12.7 Å². The van der Waals surface area contributed by atoms with Gasteiger partial charge in [-0.3, -0.25) is 4.79 Å². The van der Waals surface area contributed by atoms with Crippen LogP contribution in [0.3, 0.4) is 0 Å². The molecular weight excluding hydrogens is 346 g/mol. The quantitative estimate of drug-likeness (QED) is 0.778. The van der Waals surface area contributed by atoms with Gasteiger partial charge in [0.1, 0.15) is 23.7 Å². The molecular formula is C16H19N3O5S. The van der Waals surface area contributed by atoms with Gasteiger partial charge in [0.25, 0.3) is 0 Å². The first-order chi connectivity index (χ1) is 11.7. The number of hydrogen-bond acceptors (Lipinski definition) is 5. The highest BCUT2D eigenvalue weighted by molar-refractivity contribution is 7.89. The number of carbonyl (C=O) groups excluding carboxylic acids is 1. The van der Waals surface area contributed by atoms with Crippen LogP contribution in [0, 0.1) is 0 Å². The Morgan fingerprint density at radius 2 is 2.00 bits per heavy atom. The van der Waals surface area contributed by atoms with Crippen molar-refractivity contribution < 1.29 is 23.1 Å². The summed E-state index contributed by atoms with van der Waals surface area (Å²) >= 11 is 0. The molecule has 0 unspecified atom stereocenters. The van der Waals surface area contributed by atoms with Crippen molar-refractivity contribution in [2.45, 2.75) is 37.1 Å². The van der Waals surface area contributed by atoms with E-state index in [0.29, 0.717) is 23.9 Å². The van der Waals surface area contributed by atoms with Gasteiger partial charge < -0.3 is 15.0 Å². The zero-order valence-corrected chi connectivity index (χ0v) is 14.5. The first kappa shape index (κ1) is 17.4. The number of nitrogens with one attached hydrogen (secondary N) is 1. The van der Waals surface area contributed by atoms with Crippen molar-refractivity contribution in [3.05, 3.63) is 30.1 Å².